The van der Waals surface area contributed by atoms with Crippen molar-refractivity contribution in [2.75, 3.05) is 46.3 Å². The van der Waals surface area contributed by atoms with Gasteiger partial charge < -0.3 is 15.1 Å². The fraction of sp³-hybridized carbons (Fsp3) is 0.812. The summed E-state index contributed by atoms with van der Waals surface area (Å²) in [6.07, 6.45) is 1.04. The van der Waals surface area contributed by atoms with E-state index in [1.807, 2.05) is 11.8 Å². The minimum absolute atomic E-state index is 0.0268. The van der Waals surface area contributed by atoms with Gasteiger partial charge in [0.2, 0.25) is 0 Å². The number of aromatic nitrogens is 2. The van der Waals surface area contributed by atoms with Gasteiger partial charge in [0.05, 0.1) is 6.54 Å². The summed E-state index contributed by atoms with van der Waals surface area (Å²) in [6.45, 7) is 10.6. The molecule has 1 aromatic rings. The first-order chi connectivity index (χ1) is 11.5. The largest absolute Gasteiger partial charge is 0.332 e. The molecule has 8 heteroatoms. The molecule has 2 aliphatic heterocycles. The maximum atomic E-state index is 12.4. The number of carbonyl (C=O) groups is 1. The molecule has 2 aliphatic rings. The molecular formula is C16H28N6O2. The van der Waals surface area contributed by atoms with Crippen LogP contribution in [0.1, 0.15) is 24.7 Å². The zero-order chi connectivity index (χ0) is 17.1. The van der Waals surface area contributed by atoms with E-state index in [2.05, 4.69) is 44.0 Å². The average Bonchev–Trinajstić information content (AvgIpc) is 2.98. The Morgan fingerprint density at radius 3 is 2.62 bits per heavy atom. The van der Waals surface area contributed by atoms with Gasteiger partial charge in [-0.25, -0.2) is 9.42 Å². The standard InChI is InChI=1S/C16H28N6O2/c1-12-11-22(16(23)17-10-14-13(2)18-24-19-14)5-4-15(12)21-8-6-20(3)7-9-21/h12,15H,4-11H2,1-3H3,(H,17,23). The van der Waals surface area contributed by atoms with Gasteiger partial charge in [-0.15, -0.1) is 0 Å². The van der Waals surface area contributed by atoms with E-state index >= 15 is 0 Å². The SMILES string of the molecule is Cc1nonc1CNC(=O)N1CCC(N2CCN(C)CC2)C(C)C1. The summed E-state index contributed by atoms with van der Waals surface area (Å²) in [6, 6.07) is 0.561. The number of likely N-dealkylation sites (tertiary alicyclic amines) is 1. The van der Waals surface area contributed by atoms with E-state index in [1.54, 1.807) is 0 Å². The van der Waals surface area contributed by atoms with Crippen molar-refractivity contribution in [1.82, 2.24) is 30.3 Å². The van der Waals surface area contributed by atoms with Crippen molar-refractivity contribution in [3.05, 3.63) is 11.4 Å². The van der Waals surface area contributed by atoms with Crippen LogP contribution < -0.4 is 5.32 Å². The Kier molecular flexibility index (Phi) is 5.35. The van der Waals surface area contributed by atoms with Gasteiger partial charge >= 0.3 is 6.03 Å². The molecule has 0 radical (unpaired) electrons. The van der Waals surface area contributed by atoms with Gasteiger partial charge in [-0.1, -0.05) is 17.2 Å². The second kappa shape index (κ2) is 7.48. The topological polar surface area (TPSA) is 77.7 Å². The lowest BCUT2D eigenvalue weighted by Gasteiger charge is -2.45. The molecule has 2 unspecified atom stereocenters. The van der Waals surface area contributed by atoms with Gasteiger partial charge in [-0.2, -0.15) is 0 Å². The number of rotatable bonds is 3. The van der Waals surface area contributed by atoms with E-state index in [1.165, 1.54) is 0 Å². The average molecular weight is 336 g/mol. The second-order valence-corrected chi connectivity index (χ2v) is 7.07. The number of piperidine rings is 1. The number of nitrogens with one attached hydrogen (secondary N) is 1. The van der Waals surface area contributed by atoms with E-state index in [-0.39, 0.29) is 6.03 Å². The van der Waals surface area contributed by atoms with Crippen molar-refractivity contribution >= 4 is 6.03 Å². The highest BCUT2D eigenvalue weighted by atomic mass is 16.6. The van der Waals surface area contributed by atoms with Gasteiger partial charge in [-0.05, 0) is 26.3 Å². The Bertz CT molecular complexity index is 555. The lowest BCUT2D eigenvalue weighted by Crippen LogP contribution is -2.57. The third-order valence-electron chi connectivity index (χ3n) is 5.31. The Morgan fingerprint density at radius 1 is 1.25 bits per heavy atom. The number of piperazine rings is 1. The summed E-state index contributed by atoms with van der Waals surface area (Å²) < 4.78 is 4.66. The van der Waals surface area contributed by atoms with Crippen molar-refractivity contribution in [3.63, 3.8) is 0 Å². The maximum absolute atomic E-state index is 12.4. The van der Waals surface area contributed by atoms with Gasteiger partial charge in [-0.3, -0.25) is 4.90 Å². The predicted molar refractivity (Wildman–Crippen MR) is 89.5 cm³/mol. The van der Waals surface area contributed by atoms with Crippen LogP contribution in [-0.2, 0) is 6.54 Å². The summed E-state index contributed by atoms with van der Waals surface area (Å²) in [5.74, 6) is 0.489. The van der Waals surface area contributed by atoms with Crippen LogP contribution in [0.5, 0.6) is 0 Å². The smallest absolute Gasteiger partial charge is 0.317 e. The first-order valence-corrected chi connectivity index (χ1v) is 8.78. The van der Waals surface area contributed by atoms with Gasteiger partial charge in [0.25, 0.3) is 0 Å². The zero-order valence-electron chi connectivity index (χ0n) is 14.9. The Balaban J connectivity index is 1.47. The fourth-order valence-corrected chi connectivity index (χ4v) is 3.69. The molecule has 0 aromatic carbocycles. The van der Waals surface area contributed by atoms with Crippen LogP contribution in [0.3, 0.4) is 0 Å². The molecule has 1 N–H and O–H groups in total. The molecule has 0 aliphatic carbocycles. The summed E-state index contributed by atoms with van der Waals surface area (Å²) in [5.41, 5.74) is 1.40. The van der Waals surface area contributed by atoms with Crippen LogP contribution in [-0.4, -0.2) is 83.4 Å². The number of amides is 2. The molecule has 0 spiro atoms. The van der Waals surface area contributed by atoms with E-state index in [0.717, 1.165) is 51.4 Å². The summed E-state index contributed by atoms with van der Waals surface area (Å²) in [4.78, 5) is 19.3. The number of hydrogen-bond donors (Lipinski definition) is 1. The lowest BCUT2D eigenvalue weighted by molar-refractivity contribution is 0.0441. The first kappa shape index (κ1) is 17.2. The van der Waals surface area contributed by atoms with Crippen LogP contribution in [0.4, 0.5) is 4.79 Å². The molecule has 8 nitrogen and oxygen atoms in total. The Labute approximate surface area is 143 Å². The van der Waals surface area contributed by atoms with E-state index in [0.29, 0.717) is 24.2 Å². The molecule has 2 amide bonds. The minimum Gasteiger partial charge on any atom is -0.332 e. The van der Waals surface area contributed by atoms with Crippen molar-refractivity contribution in [1.29, 1.82) is 0 Å². The molecule has 0 bridgehead atoms. The van der Waals surface area contributed by atoms with Gasteiger partial charge in [0.1, 0.15) is 11.4 Å². The van der Waals surface area contributed by atoms with Crippen molar-refractivity contribution in [3.8, 4) is 0 Å². The number of nitrogens with zero attached hydrogens (tertiary/aromatic N) is 5. The normalized spacial score (nSPS) is 26.5. The van der Waals surface area contributed by atoms with Gasteiger partial charge in [0, 0.05) is 45.3 Å². The molecule has 3 rings (SSSR count). The molecule has 134 valence electrons. The fourth-order valence-electron chi connectivity index (χ4n) is 3.69. The van der Waals surface area contributed by atoms with Crippen LogP contribution in [0.25, 0.3) is 0 Å². The highest BCUT2D eigenvalue weighted by molar-refractivity contribution is 5.74. The second-order valence-electron chi connectivity index (χ2n) is 7.07. The minimum atomic E-state index is -0.0268. The number of hydrogen-bond acceptors (Lipinski definition) is 6. The molecule has 24 heavy (non-hydrogen) atoms. The van der Waals surface area contributed by atoms with Crippen LogP contribution in [0, 0.1) is 12.8 Å². The number of aryl methyl sites for hydroxylation is 1. The third kappa shape index (κ3) is 3.87. The van der Waals surface area contributed by atoms with E-state index in [4.69, 9.17) is 0 Å². The van der Waals surface area contributed by atoms with Crippen LogP contribution in [0.2, 0.25) is 0 Å². The Hall–Kier alpha value is -1.67. The molecule has 2 saturated heterocycles. The molecule has 1 aromatic heterocycles. The summed E-state index contributed by atoms with van der Waals surface area (Å²) in [7, 11) is 2.18. The van der Waals surface area contributed by atoms with E-state index < -0.39 is 0 Å². The summed E-state index contributed by atoms with van der Waals surface area (Å²) >= 11 is 0. The predicted octanol–water partition coefficient (Wildman–Crippen LogP) is 0.545. The third-order valence-corrected chi connectivity index (χ3v) is 5.31. The zero-order valence-corrected chi connectivity index (χ0v) is 14.9. The van der Waals surface area contributed by atoms with Crippen LogP contribution in [0.15, 0.2) is 4.63 Å². The lowest BCUT2D eigenvalue weighted by atomic mass is 9.92. The van der Waals surface area contributed by atoms with Crippen molar-refractivity contribution in [2.24, 2.45) is 5.92 Å². The highest BCUT2D eigenvalue weighted by Gasteiger charge is 2.33. The monoisotopic (exact) mass is 336 g/mol. The van der Waals surface area contributed by atoms with Gasteiger partial charge in [0.15, 0.2) is 0 Å². The van der Waals surface area contributed by atoms with E-state index in [9.17, 15) is 4.79 Å². The highest BCUT2D eigenvalue weighted by Crippen LogP contribution is 2.23. The first-order valence-electron chi connectivity index (χ1n) is 8.78. The number of carbonyl (C=O) groups excluding carboxylic acids is 1. The number of urea groups is 1. The van der Waals surface area contributed by atoms with Crippen molar-refractivity contribution < 1.29 is 9.42 Å². The Morgan fingerprint density at radius 2 is 2.00 bits per heavy atom. The number of likely N-dealkylation sites (N-methyl/N-ethyl adjacent to an activating group) is 1. The molecule has 2 fully saturated rings. The quantitative estimate of drug-likeness (QED) is 0.868. The van der Waals surface area contributed by atoms with Crippen LogP contribution >= 0.6 is 0 Å². The van der Waals surface area contributed by atoms with Crippen molar-refractivity contribution in [2.45, 2.75) is 32.9 Å². The summed E-state index contributed by atoms with van der Waals surface area (Å²) in [5, 5.41) is 10.4. The molecule has 2 atom stereocenters. The molecule has 3 heterocycles. The molecular weight excluding hydrogens is 308 g/mol. The molecule has 0 saturated carbocycles. The maximum Gasteiger partial charge on any atom is 0.317 e.